The molecule has 0 unspecified atom stereocenters. The molecule has 0 aromatic heterocycles. The topological polar surface area (TPSA) is 114 Å². The standard InChI is InChI=1S/C21H21N3O6/c25-19(15-5-1-3-7-17(15)24(28)29)13-21(27)16-6-2-4-8-18(16)23(20(21)26)14-22-9-11-30-12-10-22/h1-8,27H,9-14H2/p+1/t21-/m0/s1. The molecule has 0 radical (unpaired) electrons. The van der Waals surface area contributed by atoms with Crippen molar-refractivity contribution in [3.63, 3.8) is 0 Å². The second-order valence-corrected chi connectivity index (χ2v) is 7.51. The molecule has 2 aliphatic rings. The second-order valence-electron chi connectivity index (χ2n) is 7.51. The zero-order valence-electron chi connectivity index (χ0n) is 16.2. The minimum absolute atomic E-state index is 0.126. The number of quaternary nitrogens is 1. The van der Waals surface area contributed by atoms with Gasteiger partial charge in [0.25, 0.3) is 11.6 Å². The maximum Gasteiger partial charge on any atom is 0.280 e. The number of nitro groups is 1. The highest BCUT2D eigenvalue weighted by Crippen LogP contribution is 2.42. The number of amides is 1. The van der Waals surface area contributed by atoms with Crippen molar-refractivity contribution in [2.24, 2.45) is 0 Å². The summed E-state index contributed by atoms with van der Waals surface area (Å²) in [5, 5.41) is 22.6. The maximum absolute atomic E-state index is 13.3. The Morgan fingerprint density at radius 1 is 1.17 bits per heavy atom. The lowest BCUT2D eigenvalue weighted by Crippen LogP contribution is -3.15. The minimum atomic E-state index is -2.07. The normalized spacial score (nSPS) is 21.5. The van der Waals surface area contributed by atoms with Gasteiger partial charge in [-0.1, -0.05) is 30.3 Å². The molecule has 4 rings (SSSR count). The van der Waals surface area contributed by atoms with E-state index in [1.54, 1.807) is 24.3 Å². The summed E-state index contributed by atoms with van der Waals surface area (Å²) in [5.74, 6) is -1.25. The quantitative estimate of drug-likeness (QED) is 0.400. The van der Waals surface area contributed by atoms with Crippen LogP contribution in [0.5, 0.6) is 0 Å². The molecule has 1 saturated heterocycles. The number of hydrogen-bond acceptors (Lipinski definition) is 6. The lowest BCUT2D eigenvalue weighted by atomic mass is 9.88. The smallest absolute Gasteiger partial charge is 0.280 e. The Labute approximate surface area is 172 Å². The molecule has 2 N–H and O–H groups in total. The summed E-state index contributed by atoms with van der Waals surface area (Å²) in [6, 6.07) is 12.4. The summed E-state index contributed by atoms with van der Waals surface area (Å²) < 4.78 is 5.36. The van der Waals surface area contributed by atoms with Crippen LogP contribution in [0.1, 0.15) is 22.3 Å². The van der Waals surface area contributed by atoms with Crippen molar-refractivity contribution in [1.82, 2.24) is 0 Å². The Balaban J connectivity index is 1.65. The van der Waals surface area contributed by atoms with Gasteiger partial charge >= 0.3 is 0 Å². The molecule has 0 spiro atoms. The third-order valence-electron chi connectivity index (χ3n) is 5.64. The summed E-state index contributed by atoms with van der Waals surface area (Å²) >= 11 is 0. The number of benzene rings is 2. The third-order valence-corrected chi connectivity index (χ3v) is 5.64. The van der Waals surface area contributed by atoms with Crippen molar-refractivity contribution in [2.45, 2.75) is 12.0 Å². The largest absolute Gasteiger partial charge is 0.375 e. The molecule has 0 aliphatic carbocycles. The van der Waals surface area contributed by atoms with Crippen LogP contribution in [0.2, 0.25) is 0 Å². The molecule has 2 aromatic carbocycles. The zero-order chi connectivity index (χ0) is 21.3. The van der Waals surface area contributed by atoms with Gasteiger partial charge in [0.2, 0.25) is 0 Å². The Kier molecular flexibility index (Phi) is 5.33. The summed E-state index contributed by atoms with van der Waals surface area (Å²) in [6.07, 6.45) is -0.567. The third kappa shape index (κ3) is 3.47. The van der Waals surface area contributed by atoms with Crippen LogP contribution in [-0.2, 0) is 15.1 Å². The van der Waals surface area contributed by atoms with E-state index in [1.165, 1.54) is 29.2 Å². The number of para-hydroxylation sites is 2. The first-order chi connectivity index (χ1) is 14.4. The van der Waals surface area contributed by atoms with E-state index in [-0.39, 0.29) is 11.3 Å². The van der Waals surface area contributed by atoms with Gasteiger partial charge in [-0.3, -0.25) is 24.6 Å². The first kappa shape index (κ1) is 20.1. The second kappa shape index (κ2) is 7.94. The first-order valence-corrected chi connectivity index (χ1v) is 9.73. The Bertz CT molecular complexity index is 1000. The molecule has 30 heavy (non-hydrogen) atoms. The Morgan fingerprint density at radius 3 is 2.57 bits per heavy atom. The summed E-state index contributed by atoms with van der Waals surface area (Å²) in [7, 11) is 0. The number of Topliss-reactive ketones (excluding diaryl/α,β-unsaturated/α-hetero) is 1. The van der Waals surface area contributed by atoms with Gasteiger partial charge in [-0.25, -0.2) is 0 Å². The minimum Gasteiger partial charge on any atom is -0.375 e. The molecule has 1 fully saturated rings. The van der Waals surface area contributed by atoms with Crippen LogP contribution in [0.4, 0.5) is 11.4 Å². The molecule has 9 nitrogen and oxygen atoms in total. The van der Waals surface area contributed by atoms with Crippen molar-refractivity contribution >= 4 is 23.1 Å². The fourth-order valence-corrected chi connectivity index (χ4v) is 4.07. The first-order valence-electron chi connectivity index (χ1n) is 9.73. The predicted molar refractivity (Wildman–Crippen MR) is 106 cm³/mol. The van der Waals surface area contributed by atoms with E-state index < -0.39 is 28.6 Å². The summed E-state index contributed by atoms with van der Waals surface area (Å²) in [5.41, 5.74) is -1.64. The maximum atomic E-state index is 13.3. The number of morpholine rings is 1. The number of ketones is 1. The van der Waals surface area contributed by atoms with E-state index in [2.05, 4.69) is 0 Å². The van der Waals surface area contributed by atoms with Crippen molar-refractivity contribution in [3.05, 3.63) is 69.8 Å². The lowest BCUT2D eigenvalue weighted by Gasteiger charge is -2.29. The van der Waals surface area contributed by atoms with Crippen LogP contribution in [0.25, 0.3) is 0 Å². The van der Waals surface area contributed by atoms with Crippen LogP contribution in [0, 0.1) is 10.1 Å². The Hall–Kier alpha value is -3.14. The van der Waals surface area contributed by atoms with Gasteiger partial charge in [-0.2, -0.15) is 0 Å². The number of ether oxygens (including phenoxy) is 1. The monoisotopic (exact) mass is 412 g/mol. The lowest BCUT2D eigenvalue weighted by molar-refractivity contribution is -0.906. The van der Waals surface area contributed by atoms with E-state index in [0.29, 0.717) is 31.1 Å². The molecule has 1 atom stereocenters. The van der Waals surface area contributed by atoms with Crippen LogP contribution in [0.15, 0.2) is 48.5 Å². The molecular weight excluding hydrogens is 390 g/mol. The number of nitro benzene ring substituents is 1. The molecule has 156 valence electrons. The fraction of sp³-hybridized carbons (Fsp3) is 0.333. The van der Waals surface area contributed by atoms with E-state index in [1.807, 2.05) is 0 Å². The molecule has 0 saturated carbocycles. The van der Waals surface area contributed by atoms with E-state index in [4.69, 9.17) is 4.74 Å². The SMILES string of the molecule is O=C(C[C@@]1(O)C(=O)N(C[NH+]2CCOCC2)c2ccccc21)c1ccccc1[N+](=O)[O-]. The predicted octanol–water partition coefficient (Wildman–Crippen LogP) is 0.275. The number of nitrogens with zero attached hydrogens (tertiary/aromatic N) is 2. The van der Waals surface area contributed by atoms with Crippen LogP contribution in [0.3, 0.4) is 0 Å². The number of nitrogens with one attached hydrogen (secondary N) is 1. The number of fused-ring (bicyclic) bond motifs is 1. The molecule has 1 amide bonds. The van der Waals surface area contributed by atoms with Crippen molar-refractivity contribution in [2.75, 3.05) is 37.9 Å². The number of rotatable bonds is 6. The van der Waals surface area contributed by atoms with Gasteiger partial charge in [0.1, 0.15) is 13.1 Å². The van der Waals surface area contributed by atoms with Crippen molar-refractivity contribution in [3.8, 4) is 0 Å². The van der Waals surface area contributed by atoms with Gasteiger partial charge in [-0.15, -0.1) is 0 Å². The summed E-state index contributed by atoms with van der Waals surface area (Å²) in [6.45, 7) is 3.01. The van der Waals surface area contributed by atoms with Crippen LogP contribution < -0.4 is 9.80 Å². The molecule has 2 aliphatic heterocycles. The number of carbonyl (C=O) groups is 2. The molecule has 2 aromatic rings. The average molecular weight is 412 g/mol. The van der Waals surface area contributed by atoms with Gasteiger partial charge in [0, 0.05) is 11.6 Å². The van der Waals surface area contributed by atoms with Crippen LogP contribution >= 0.6 is 0 Å². The zero-order valence-corrected chi connectivity index (χ0v) is 16.2. The highest BCUT2D eigenvalue weighted by molar-refractivity contribution is 6.11. The van der Waals surface area contributed by atoms with E-state index in [9.17, 15) is 24.8 Å². The number of carbonyl (C=O) groups excluding carboxylic acids is 2. The highest BCUT2D eigenvalue weighted by atomic mass is 16.6. The van der Waals surface area contributed by atoms with Gasteiger partial charge in [-0.05, 0) is 12.1 Å². The number of hydrogen-bond donors (Lipinski definition) is 2. The highest BCUT2D eigenvalue weighted by Gasteiger charge is 2.52. The average Bonchev–Trinajstić information content (AvgIpc) is 2.96. The molecule has 0 bridgehead atoms. The van der Waals surface area contributed by atoms with Gasteiger partial charge in [0.15, 0.2) is 18.1 Å². The number of aliphatic hydroxyl groups is 1. The number of anilines is 1. The van der Waals surface area contributed by atoms with Crippen molar-refractivity contribution in [1.29, 1.82) is 0 Å². The molecular formula is C21H22N3O6+. The molecule has 9 heteroatoms. The van der Waals surface area contributed by atoms with Gasteiger partial charge in [0.05, 0.1) is 35.8 Å². The van der Waals surface area contributed by atoms with Crippen molar-refractivity contribution < 1.29 is 29.3 Å². The van der Waals surface area contributed by atoms with E-state index >= 15 is 0 Å². The Morgan fingerprint density at radius 2 is 1.83 bits per heavy atom. The van der Waals surface area contributed by atoms with Crippen LogP contribution in [-0.4, -0.2) is 54.7 Å². The fourth-order valence-electron chi connectivity index (χ4n) is 4.07. The molecule has 2 heterocycles. The van der Waals surface area contributed by atoms with Gasteiger partial charge < -0.3 is 14.7 Å². The summed E-state index contributed by atoms with van der Waals surface area (Å²) in [4.78, 5) is 39.5. The van der Waals surface area contributed by atoms with E-state index in [0.717, 1.165) is 18.0 Å².